The molecular formula is C5H9N2+. The van der Waals surface area contributed by atoms with Crippen molar-refractivity contribution in [2.24, 2.45) is 0 Å². The summed E-state index contributed by atoms with van der Waals surface area (Å²) in [6.07, 6.45) is 4.05. The molecule has 0 fully saturated rings. The maximum absolute atomic E-state index is 7.11. The molecule has 2 heteroatoms. The molecule has 1 aliphatic heterocycles. The Kier molecular flexibility index (Phi) is 0.929. The van der Waals surface area contributed by atoms with Crippen LogP contribution in [0.2, 0.25) is 0 Å². The fraction of sp³-hybridized carbons (Fsp3) is 0.600. The van der Waals surface area contributed by atoms with Crippen LogP contribution in [0.5, 0.6) is 0 Å². The smallest absolute Gasteiger partial charge is 0.120 e. The van der Waals surface area contributed by atoms with Gasteiger partial charge in [-0.15, -0.1) is 4.70 Å². The number of nitrogens with one attached hydrogen (secondary N) is 1. The highest BCUT2D eigenvalue weighted by atomic mass is 15.2. The van der Waals surface area contributed by atoms with Crippen molar-refractivity contribution >= 4 is 0 Å². The Labute approximate surface area is 43.0 Å². The zero-order valence-electron chi connectivity index (χ0n) is 4.39. The van der Waals surface area contributed by atoms with Crippen LogP contribution in [0.25, 0.3) is 0 Å². The highest BCUT2D eigenvalue weighted by molar-refractivity contribution is 4.90. The van der Waals surface area contributed by atoms with Gasteiger partial charge in [-0.05, 0) is 12.2 Å². The standard InChI is InChI=1S/C5H9N2/c1-5-3-2-4-7(5)6/h2-3,5-6H,4H2,1H3/q+1. The van der Waals surface area contributed by atoms with Crippen molar-refractivity contribution < 1.29 is 4.70 Å². The fourth-order valence-electron chi connectivity index (χ4n) is 0.642. The number of rotatable bonds is 0. The molecule has 1 unspecified atom stereocenters. The molecule has 7 heavy (non-hydrogen) atoms. The third-order valence-electron chi connectivity index (χ3n) is 1.21. The lowest BCUT2D eigenvalue weighted by Crippen LogP contribution is -2.11. The van der Waals surface area contributed by atoms with Crippen molar-refractivity contribution in [2.75, 3.05) is 6.54 Å². The van der Waals surface area contributed by atoms with E-state index < -0.39 is 0 Å². The quantitative estimate of drug-likeness (QED) is 0.345. The van der Waals surface area contributed by atoms with Gasteiger partial charge in [0.2, 0.25) is 0 Å². The average Bonchev–Trinajstić information content (AvgIpc) is 1.91. The van der Waals surface area contributed by atoms with E-state index in [0.717, 1.165) is 6.54 Å². The van der Waals surface area contributed by atoms with Crippen molar-refractivity contribution in [2.45, 2.75) is 13.0 Å². The van der Waals surface area contributed by atoms with E-state index >= 15 is 0 Å². The molecule has 1 N–H and O–H groups in total. The van der Waals surface area contributed by atoms with Gasteiger partial charge in [0.15, 0.2) is 12.6 Å². The van der Waals surface area contributed by atoms with Gasteiger partial charge in [-0.1, -0.05) is 5.53 Å². The first kappa shape index (κ1) is 4.50. The molecule has 0 saturated carbocycles. The maximum Gasteiger partial charge on any atom is 0.193 e. The lowest BCUT2D eigenvalue weighted by Gasteiger charge is -1.88. The highest BCUT2D eigenvalue weighted by Gasteiger charge is 2.14. The van der Waals surface area contributed by atoms with E-state index in [0.29, 0.717) is 6.04 Å². The molecule has 0 aromatic heterocycles. The zero-order chi connectivity index (χ0) is 5.28. The number of nitrogens with zero attached hydrogens (tertiary/aromatic N) is 1. The van der Waals surface area contributed by atoms with E-state index in [1.807, 2.05) is 19.1 Å². The normalized spacial score (nSPS) is 29.3. The molecule has 0 aromatic rings. The Morgan fingerprint density at radius 1 is 1.86 bits per heavy atom. The lowest BCUT2D eigenvalue weighted by molar-refractivity contribution is -0.619. The van der Waals surface area contributed by atoms with Crippen LogP contribution in [-0.2, 0) is 0 Å². The van der Waals surface area contributed by atoms with E-state index in [-0.39, 0.29) is 0 Å². The summed E-state index contributed by atoms with van der Waals surface area (Å²) < 4.78 is 1.54. The second-order valence-corrected chi connectivity index (χ2v) is 1.82. The summed E-state index contributed by atoms with van der Waals surface area (Å²) in [7, 11) is 0. The Morgan fingerprint density at radius 3 is 2.71 bits per heavy atom. The van der Waals surface area contributed by atoms with Crippen molar-refractivity contribution in [1.82, 2.24) is 0 Å². The molecule has 38 valence electrons. The zero-order valence-corrected chi connectivity index (χ0v) is 4.39. The molecule has 0 bridgehead atoms. The van der Waals surface area contributed by atoms with E-state index in [1.165, 1.54) is 0 Å². The summed E-state index contributed by atoms with van der Waals surface area (Å²) in [5.41, 5.74) is 7.11. The van der Waals surface area contributed by atoms with Gasteiger partial charge in [0.05, 0.1) is 0 Å². The third kappa shape index (κ3) is 0.683. The van der Waals surface area contributed by atoms with Crippen LogP contribution in [0.4, 0.5) is 0 Å². The van der Waals surface area contributed by atoms with Crippen LogP contribution < -0.4 is 0 Å². The van der Waals surface area contributed by atoms with Crippen LogP contribution in [-0.4, -0.2) is 17.3 Å². The first-order valence-corrected chi connectivity index (χ1v) is 2.45. The van der Waals surface area contributed by atoms with Gasteiger partial charge < -0.3 is 0 Å². The monoisotopic (exact) mass is 97.1 g/mol. The van der Waals surface area contributed by atoms with E-state index in [9.17, 15) is 0 Å². The molecule has 0 saturated heterocycles. The summed E-state index contributed by atoms with van der Waals surface area (Å²) >= 11 is 0. The van der Waals surface area contributed by atoms with E-state index in [4.69, 9.17) is 5.53 Å². The molecule has 0 spiro atoms. The number of hydrogen-bond donors (Lipinski definition) is 1. The number of hydrogen-bond acceptors (Lipinski definition) is 1. The summed E-state index contributed by atoms with van der Waals surface area (Å²) in [6, 6.07) is 0.333. The van der Waals surface area contributed by atoms with Crippen molar-refractivity contribution in [3.8, 4) is 0 Å². The second kappa shape index (κ2) is 1.45. The summed E-state index contributed by atoms with van der Waals surface area (Å²) in [5.74, 6) is 0. The fourth-order valence-corrected chi connectivity index (χ4v) is 0.642. The van der Waals surface area contributed by atoms with Crippen molar-refractivity contribution in [3.05, 3.63) is 12.2 Å². The van der Waals surface area contributed by atoms with Crippen LogP contribution >= 0.6 is 0 Å². The topological polar surface area (TPSA) is 26.9 Å². The molecule has 0 radical (unpaired) electrons. The molecule has 1 atom stereocenters. The maximum atomic E-state index is 7.11. The van der Waals surface area contributed by atoms with Gasteiger partial charge in [-0.25, -0.2) is 0 Å². The minimum atomic E-state index is 0.333. The van der Waals surface area contributed by atoms with Crippen LogP contribution in [0.1, 0.15) is 6.92 Å². The molecule has 0 amide bonds. The van der Waals surface area contributed by atoms with Gasteiger partial charge in [0, 0.05) is 6.92 Å². The first-order valence-electron chi connectivity index (χ1n) is 2.45. The van der Waals surface area contributed by atoms with Gasteiger partial charge in [0.1, 0.15) is 0 Å². The Balaban J connectivity index is 2.62. The summed E-state index contributed by atoms with van der Waals surface area (Å²) in [6.45, 7) is 2.80. The minimum Gasteiger partial charge on any atom is -0.120 e. The molecule has 0 aliphatic carbocycles. The van der Waals surface area contributed by atoms with Crippen LogP contribution in [0.3, 0.4) is 0 Å². The predicted octanol–water partition coefficient (Wildman–Crippen LogP) is 0.988. The second-order valence-electron chi connectivity index (χ2n) is 1.82. The predicted molar refractivity (Wildman–Crippen MR) is 26.4 cm³/mol. The van der Waals surface area contributed by atoms with Crippen molar-refractivity contribution in [1.29, 1.82) is 5.53 Å². The SMILES string of the molecule is CC1C=CC[N+]1=N. The van der Waals surface area contributed by atoms with E-state index in [1.54, 1.807) is 4.70 Å². The summed E-state index contributed by atoms with van der Waals surface area (Å²) in [4.78, 5) is 0. The van der Waals surface area contributed by atoms with Gasteiger partial charge in [-0.3, -0.25) is 0 Å². The van der Waals surface area contributed by atoms with Gasteiger partial charge in [0.25, 0.3) is 0 Å². The Hall–Kier alpha value is -0.660. The summed E-state index contributed by atoms with van der Waals surface area (Å²) in [5, 5.41) is 0. The molecule has 1 rings (SSSR count). The third-order valence-corrected chi connectivity index (χ3v) is 1.21. The highest BCUT2D eigenvalue weighted by Crippen LogP contribution is 1.98. The van der Waals surface area contributed by atoms with Crippen LogP contribution in [0.15, 0.2) is 12.2 Å². The molecule has 1 aliphatic rings. The van der Waals surface area contributed by atoms with Crippen molar-refractivity contribution in [3.63, 3.8) is 0 Å². The Morgan fingerprint density at radius 2 is 2.57 bits per heavy atom. The molecular weight excluding hydrogens is 88.1 g/mol. The molecule has 2 nitrogen and oxygen atoms in total. The lowest BCUT2D eigenvalue weighted by atomic mass is 10.4. The van der Waals surface area contributed by atoms with Gasteiger partial charge >= 0.3 is 0 Å². The molecule has 0 aromatic carbocycles. The molecule has 1 heterocycles. The van der Waals surface area contributed by atoms with Crippen LogP contribution in [0, 0.1) is 5.53 Å². The average molecular weight is 97.1 g/mol. The largest absolute Gasteiger partial charge is 0.193 e. The first-order chi connectivity index (χ1) is 3.30. The Bertz CT molecular complexity index is 115. The minimum absolute atomic E-state index is 0.333. The van der Waals surface area contributed by atoms with E-state index in [2.05, 4.69) is 0 Å². The van der Waals surface area contributed by atoms with Gasteiger partial charge in [-0.2, -0.15) is 0 Å².